The highest BCUT2D eigenvalue weighted by Gasteiger charge is 2.33. The molecule has 1 aliphatic rings. The molecule has 0 aliphatic carbocycles. The van der Waals surface area contributed by atoms with E-state index in [0.717, 1.165) is 34.8 Å². The molecule has 36 heavy (non-hydrogen) atoms. The Balaban J connectivity index is 1.43. The Morgan fingerprint density at radius 2 is 1.64 bits per heavy atom. The van der Waals surface area contributed by atoms with Crippen LogP contribution in [0.5, 0.6) is 5.75 Å². The number of para-hydroxylation sites is 1. The molecule has 2 heterocycles. The highest BCUT2D eigenvalue weighted by atomic mass is 32.2. The fourth-order valence-electron chi connectivity index (χ4n) is 4.14. The Kier molecular flexibility index (Phi) is 7.05. The quantitative estimate of drug-likeness (QED) is 0.271. The lowest BCUT2D eigenvalue weighted by atomic mass is 10.1. The van der Waals surface area contributed by atoms with Crippen molar-refractivity contribution in [2.45, 2.75) is 13.3 Å². The molecular formula is C30H27N3O2S. The fraction of sp³-hybridized carbons (Fsp3) is 0.133. The van der Waals surface area contributed by atoms with E-state index < -0.39 is 0 Å². The van der Waals surface area contributed by atoms with Crippen LogP contribution in [0.3, 0.4) is 0 Å². The van der Waals surface area contributed by atoms with E-state index in [1.807, 2.05) is 78.9 Å². The van der Waals surface area contributed by atoms with Crippen LogP contribution in [0.2, 0.25) is 0 Å². The highest BCUT2D eigenvalue weighted by Crippen LogP contribution is 2.34. The number of amidine groups is 1. The minimum Gasteiger partial charge on any atom is -0.497 e. The lowest BCUT2D eigenvalue weighted by molar-refractivity contribution is -0.122. The van der Waals surface area contributed by atoms with Crippen LogP contribution in [-0.4, -0.2) is 34.2 Å². The number of carbonyl (C=O) groups is 1. The standard InChI is InChI=1S/C30H27N3O2S/c1-22-19-24(21-33(22)26-13-15-27(35-2)16-14-26)20-28-29(34)32(18-17-23-9-5-3-6-10-23)30(36-28)31-25-11-7-4-8-12-25/h3-16,19-21H,17-18H2,1-2H3/b28-20+,31-30?. The van der Waals surface area contributed by atoms with E-state index in [0.29, 0.717) is 16.6 Å². The average Bonchev–Trinajstić information content (AvgIpc) is 3.42. The van der Waals surface area contributed by atoms with E-state index in [-0.39, 0.29) is 5.91 Å². The molecule has 1 amide bonds. The number of benzene rings is 3. The zero-order valence-electron chi connectivity index (χ0n) is 20.3. The zero-order chi connectivity index (χ0) is 24.9. The molecule has 0 saturated carbocycles. The van der Waals surface area contributed by atoms with Gasteiger partial charge in [-0.25, -0.2) is 4.99 Å². The van der Waals surface area contributed by atoms with Crippen LogP contribution in [0, 0.1) is 6.92 Å². The van der Waals surface area contributed by atoms with Crippen molar-refractivity contribution in [3.05, 3.63) is 119 Å². The summed E-state index contributed by atoms with van der Waals surface area (Å²) < 4.78 is 7.39. The zero-order valence-corrected chi connectivity index (χ0v) is 21.1. The molecule has 0 N–H and O–H groups in total. The van der Waals surface area contributed by atoms with Gasteiger partial charge in [0, 0.05) is 24.1 Å². The number of aryl methyl sites for hydroxylation is 1. The minimum atomic E-state index is -0.0135. The maximum Gasteiger partial charge on any atom is 0.266 e. The van der Waals surface area contributed by atoms with Gasteiger partial charge < -0.3 is 9.30 Å². The topological polar surface area (TPSA) is 46.8 Å². The van der Waals surface area contributed by atoms with Crippen molar-refractivity contribution in [2.75, 3.05) is 13.7 Å². The van der Waals surface area contributed by atoms with Crippen LogP contribution in [0.1, 0.15) is 16.8 Å². The molecule has 4 aromatic rings. The Hall–Kier alpha value is -4.03. The molecule has 5 nitrogen and oxygen atoms in total. The molecule has 0 atom stereocenters. The Morgan fingerprint density at radius 1 is 0.944 bits per heavy atom. The monoisotopic (exact) mass is 493 g/mol. The van der Waals surface area contributed by atoms with Crippen LogP contribution < -0.4 is 4.74 Å². The highest BCUT2D eigenvalue weighted by molar-refractivity contribution is 8.18. The summed E-state index contributed by atoms with van der Waals surface area (Å²) in [5, 5.41) is 0.708. The average molecular weight is 494 g/mol. The molecule has 0 spiro atoms. The first-order chi connectivity index (χ1) is 17.6. The van der Waals surface area contributed by atoms with Gasteiger partial charge in [-0.3, -0.25) is 9.69 Å². The molecule has 3 aromatic carbocycles. The second-order valence-electron chi connectivity index (χ2n) is 8.52. The summed E-state index contributed by atoms with van der Waals surface area (Å²) in [7, 11) is 1.66. The van der Waals surface area contributed by atoms with Crippen molar-refractivity contribution in [2.24, 2.45) is 4.99 Å². The first kappa shape index (κ1) is 23.7. The third-order valence-electron chi connectivity index (χ3n) is 6.02. The van der Waals surface area contributed by atoms with Gasteiger partial charge in [0.2, 0.25) is 0 Å². The molecule has 1 fully saturated rings. The summed E-state index contributed by atoms with van der Waals surface area (Å²) in [6.07, 6.45) is 4.78. The Morgan fingerprint density at radius 3 is 2.33 bits per heavy atom. The van der Waals surface area contributed by atoms with E-state index in [1.165, 1.54) is 17.3 Å². The SMILES string of the molecule is COc1ccc(-n2cc(/C=C3/SC(=Nc4ccccc4)N(CCc4ccccc4)C3=O)cc2C)cc1. The normalized spacial score (nSPS) is 15.7. The summed E-state index contributed by atoms with van der Waals surface area (Å²) in [4.78, 5) is 20.8. The van der Waals surface area contributed by atoms with Crippen LogP contribution in [0.25, 0.3) is 11.8 Å². The lowest BCUT2D eigenvalue weighted by Crippen LogP contribution is -2.31. The molecule has 0 bridgehead atoms. The maximum absolute atomic E-state index is 13.5. The number of nitrogens with zero attached hydrogens (tertiary/aromatic N) is 3. The molecule has 0 radical (unpaired) electrons. The number of methoxy groups -OCH3 is 1. The number of ether oxygens (including phenoxy) is 1. The van der Waals surface area contributed by atoms with Crippen molar-refractivity contribution < 1.29 is 9.53 Å². The molecule has 1 aliphatic heterocycles. The van der Waals surface area contributed by atoms with Gasteiger partial charge in [0.1, 0.15) is 5.75 Å². The number of carbonyl (C=O) groups excluding carboxylic acids is 1. The van der Waals surface area contributed by atoms with E-state index in [9.17, 15) is 4.79 Å². The second kappa shape index (κ2) is 10.7. The van der Waals surface area contributed by atoms with E-state index in [2.05, 4.69) is 35.9 Å². The first-order valence-corrected chi connectivity index (χ1v) is 12.6. The molecule has 0 unspecified atom stereocenters. The summed E-state index contributed by atoms with van der Waals surface area (Å²) in [6.45, 7) is 2.63. The predicted molar refractivity (Wildman–Crippen MR) is 148 cm³/mol. The molecule has 6 heteroatoms. The van der Waals surface area contributed by atoms with E-state index in [4.69, 9.17) is 9.73 Å². The largest absolute Gasteiger partial charge is 0.497 e. The summed E-state index contributed by atoms with van der Waals surface area (Å²) in [6, 6.07) is 30.0. The van der Waals surface area contributed by atoms with Crippen LogP contribution >= 0.6 is 11.8 Å². The van der Waals surface area contributed by atoms with Crippen molar-refractivity contribution in [3.8, 4) is 11.4 Å². The summed E-state index contributed by atoms with van der Waals surface area (Å²) in [5.74, 6) is 0.806. The Bertz CT molecular complexity index is 1410. The van der Waals surface area contributed by atoms with Crippen molar-refractivity contribution in [3.63, 3.8) is 0 Å². The molecule has 1 aromatic heterocycles. The number of aliphatic imine (C=N–C) groups is 1. The third-order valence-corrected chi connectivity index (χ3v) is 7.02. The van der Waals surface area contributed by atoms with E-state index >= 15 is 0 Å². The summed E-state index contributed by atoms with van der Waals surface area (Å²) >= 11 is 1.43. The van der Waals surface area contributed by atoms with Gasteiger partial charge in [-0.05, 0) is 84.8 Å². The lowest BCUT2D eigenvalue weighted by Gasteiger charge is -2.15. The molecule has 1 saturated heterocycles. The second-order valence-corrected chi connectivity index (χ2v) is 9.52. The van der Waals surface area contributed by atoms with Crippen molar-refractivity contribution in [1.82, 2.24) is 9.47 Å². The number of amides is 1. The van der Waals surface area contributed by atoms with Gasteiger partial charge in [-0.1, -0.05) is 48.5 Å². The predicted octanol–water partition coefficient (Wildman–Crippen LogP) is 6.64. The Labute approximate surface area is 215 Å². The molecule has 180 valence electrons. The maximum atomic E-state index is 13.5. The number of aromatic nitrogens is 1. The van der Waals surface area contributed by atoms with Gasteiger partial charge in [-0.15, -0.1) is 0 Å². The number of thioether (sulfide) groups is 1. The van der Waals surface area contributed by atoms with Crippen LogP contribution in [0.4, 0.5) is 5.69 Å². The molecular weight excluding hydrogens is 466 g/mol. The van der Waals surface area contributed by atoms with Gasteiger partial charge in [0.05, 0.1) is 17.7 Å². The smallest absolute Gasteiger partial charge is 0.266 e. The van der Waals surface area contributed by atoms with Gasteiger partial charge in [0.15, 0.2) is 5.17 Å². The van der Waals surface area contributed by atoms with Gasteiger partial charge in [-0.2, -0.15) is 0 Å². The number of hydrogen-bond donors (Lipinski definition) is 0. The number of rotatable bonds is 7. The minimum absolute atomic E-state index is 0.0135. The third kappa shape index (κ3) is 5.29. The summed E-state index contributed by atoms with van der Waals surface area (Å²) in [5.41, 5.74) is 5.13. The van der Waals surface area contributed by atoms with Crippen LogP contribution in [-0.2, 0) is 11.2 Å². The molecule has 5 rings (SSSR count). The van der Waals surface area contributed by atoms with Crippen molar-refractivity contribution >= 4 is 34.6 Å². The fourth-order valence-corrected chi connectivity index (χ4v) is 5.16. The van der Waals surface area contributed by atoms with Crippen molar-refractivity contribution in [1.29, 1.82) is 0 Å². The van der Waals surface area contributed by atoms with Gasteiger partial charge >= 0.3 is 0 Å². The van der Waals surface area contributed by atoms with Gasteiger partial charge in [0.25, 0.3) is 5.91 Å². The van der Waals surface area contributed by atoms with E-state index in [1.54, 1.807) is 12.0 Å². The van der Waals surface area contributed by atoms with Crippen LogP contribution in [0.15, 0.2) is 107 Å². The first-order valence-electron chi connectivity index (χ1n) is 11.8. The number of hydrogen-bond acceptors (Lipinski definition) is 4.